The monoisotopic (exact) mass is 379 g/mol. The van der Waals surface area contributed by atoms with Gasteiger partial charge in [0.05, 0.1) is 5.56 Å². The maximum atomic E-state index is 12.8. The van der Waals surface area contributed by atoms with Crippen molar-refractivity contribution in [2.75, 3.05) is 32.4 Å². The van der Waals surface area contributed by atoms with Crippen LogP contribution in [-0.4, -0.2) is 70.2 Å². The Morgan fingerprint density at radius 2 is 1.88 bits per heavy atom. The minimum Gasteiger partial charge on any atom is -0.347 e. The summed E-state index contributed by atoms with van der Waals surface area (Å²) in [5.74, 6) is -0.254. The number of thioether (sulfide) groups is 1. The van der Waals surface area contributed by atoms with Crippen LogP contribution >= 0.6 is 11.8 Å². The molecule has 0 aliphatic carbocycles. The first-order chi connectivity index (χ1) is 12.5. The zero-order chi connectivity index (χ0) is 18.7. The van der Waals surface area contributed by atoms with E-state index in [4.69, 9.17) is 0 Å². The van der Waals surface area contributed by atoms with Gasteiger partial charge in [-0.3, -0.25) is 4.79 Å². The molecule has 0 spiro atoms. The predicted molar refractivity (Wildman–Crippen MR) is 99.6 cm³/mol. The van der Waals surface area contributed by atoms with Crippen LogP contribution in [0.2, 0.25) is 0 Å². The molecular weight excluding hydrogens is 354 g/mol. The Balaban J connectivity index is 1.68. The van der Waals surface area contributed by atoms with Crippen molar-refractivity contribution in [2.45, 2.75) is 43.7 Å². The molecule has 2 N–H and O–H groups in total. The molecule has 1 aromatic heterocycles. The third kappa shape index (κ3) is 4.03. The number of likely N-dealkylation sites (tertiary alicyclic amines) is 2. The maximum Gasteiger partial charge on any atom is 0.346 e. The molecule has 2 aliphatic rings. The average molecular weight is 379 g/mol. The molecule has 9 heteroatoms. The number of carbonyl (C=O) groups excluding carboxylic acids is 2. The fourth-order valence-electron chi connectivity index (χ4n) is 3.61. The Morgan fingerprint density at radius 1 is 1.19 bits per heavy atom. The molecule has 0 aromatic carbocycles. The van der Waals surface area contributed by atoms with Gasteiger partial charge in [0.25, 0.3) is 5.91 Å². The number of H-pyrrole nitrogens is 1. The van der Waals surface area contributed by atoms with E-state index < -0.39 is 5.69 Å². The highest BCUT2D eigenvalue weighted by atomic mass is 32.2. The molecule has 1 atom stereocenters. The molecule has 26 heavy (non-hydrogen) atoms. The number of piperidine rings is 1. The van der Waals surface area contributed by atoms with Gasteiger partial charge >= 0.3 is 11.7 Å². The second-order valence-corrected chi connectivity index (χ2v) is 7.58. The lowest BCUT2D eigenvalue weighted by atomic mass is 10.1. The lowest BCUT2D eigenvalue weighted by molar-refractivity contribution is 0.0896. The highest BCUT2D eigenvalue weighted by Gasteiger charge is 2.30. The Morgan fingerprint density at radius 3 is 2.58 bits per heavy atom. The molecule has 0 bridgehead atoms. The van der Waals surface area contributed by atoms with E-state index in [-0.39, 0.29) is 18.0 Å². The molecule has 1 unspecified atom stereocenters. The third-order valence-corrected chi connectivity index (χ3v) is 5.59. The van der Waals surface area contributed by atoms with Crippen LogP contribution < -0.4 is 11.0 Å². The van der Waals surface area contributed by atoms with Crippen LogP contribution in [0.3, 0.4) is 0 Å². The molecule has 2 saturated heterocycles. The molecule has 0 radical (unpaired) electrons. The van der Waals surface area contributed by atoms with E-state index in [1.807, 2.05) is 9.80 Å². The number of aryl methyl sites for hydroxylation is 1. The van der Waals surface area contributed by atoms with E-state index in [1.165, 1.54) is 11.8 Å². The number of urea groups is 1. The number of aromatic nitrogens is 2. The molecule has 2 aliphatic heterocycles. The minimum absolute atomic E-state index is 0.0770. The lowest BCUT2D eigenvalue weighted by Crippen LogP contribution is -2.52. The zero-order valence-corrected chi connectivity index (χ0v) is 16.0. The van der Waals surface area contributed by atoms with E-state index in [0.717, 1.165) is 45.3 Å². The summed E-state index contributed by atoms with van der Waals surface area (Å²) in [6.45, 7) is 4.60. The molecule has 0 saturated carbocycles. The summed E-state index contributed by atoms with van der Waals surface area (Å²) in [5, 5.41) is 3.44. The second kappa shape index (κ2) is 8.11. The first-order valence-electron chi connectivity index (χ1n) is 8.99. The number of hydrogen-bond acceptors (Lipinski definition) is 5. The van der Waals surface area contributed by atoms with Gasteiger partial charge in [0, 0.05) is 37.9 Å². The van der Waals surface area contributed by atoms with Gasteiger partial charge in [-0.05, 0) is 38.9 Å². The van der Waals surface area contributed by atoms with E-state index in [0.29, 0.717) is 22.8 Å². The number of aromatic amines is 1. The molecule has 3 amide bonds. The van der Waals surface area contributed by atoms with Crippen molar-refractivity contribution in [3.05, 3.63) is 21.7 Å². The highest BCUT2D eigenvalue weighted by Crippen LogP contribution is 2.20. The first kappa shape index (κ1) is 18.8. The van der Waals surface area contributed by atoms with Gasteiger partial charge in [-0.2, -0.15) is 4.98 Å². The van der Waals surface area contributed by atoms with E-state index in [1.54, 1.807) is 13.2 Å². The second-order valence-electron chi connectivity index (χ2n) is 6.79. The molecule has 142 valence electrons. The first-order valence-corrected chi connectivity index (χ1v) is 10.2. The Hall–Kier alpha value is -2.03. The summed E-state index contributed by atoms with van der Waals surface area (Å²) in [5.41, 5.74) is 0.455. The van der Waals surface area contributed by atoms with Crippen LogP contribution in [0, 0.1) is 6.92 Å². The predicted octanol–water partition coefficient (Wildman–Crippen LogP) is 1.21. The van der Waals surface area contributed by atoms with Crippen LogP contribution in [0.15, 0.2) is 9.82 Å². The summed E-state index contributed by atoms with van der Waals surface area (Å²) >= 11 is 1.27. The fourth-order valence-corrected chi connectivity index (χ4v) is 4.23. The smallest absolute Gasteiger partial charge is 0.346 e. The SMILES string of the molecule is CSc1nc(=O)[nH]c(C)c1C(=O)NC1CCCN(C(=O)N2CCCC2)C1. The van der Waals surface area contributed by atoms with Gasteiger partial charge in [-0.15, -0.1) is 11.8 Å². The van der Waals surface area contributed by atoms with Crippen LogP contribution in [0.25, 0.3) is 0 Å². The number of amides is 3. The third-order valence-electron chi connectivity index (χ3n) is 4.91. The van der Waals surface area contributed by atoms with Crippen molar-refractivity contribution in [3.63, 3.8) is 0 Å². The number of carbonyl (C=O) groups is 2. The fraction of sp³-hybridized carbons (Fsp3) is 0.647. The van der Waals surface area contributed by atoms with Gasteiger partial charge in [-0.1, -0.05) is 0 Å². The minimum atomic E-state index is -0.455. The summed E-state index contributed by atoms with van der Waals surface area (Å²) in [4.78, 5) is 47.1. The number of hydrogen-bond donors (Lipinski definition) is 2. The van der Waals surface area contributed by atoms with E-state index in [9.17, 15) is 14.4 Å². The summed E-state index contributed by atoms with van der Waals surface area (Å²) < 4.78 is 0. The van der Waals surface area contributed by atoms with Gasteiger partial charge in [0.15, 0.2) is 0 Å². The van der Waals surface area contributed by atoms with Crippen molar-refractivity contribution in [1.82, 2.24) is 25.1 Å². The zero-order valence-electron chi connectivity index (χ0n) is 15.2. The number of rotatable bonds is 3. The molecule has 3 heterocycles. The van der Waals surface area contributed by atoms with E-state index >= 15 is 0 Å². The molecule has 1 aromatic rings. The van der Waals surface area contributed by atoms with Gasteiger partial charge in [-0.25, -0.2) is 9.59 Å². The van der Waals surface area contributed by atoms with Gasteiger partial charge in [0.1, 0.15) is 5.03 Å². The molecule has 8 nitrogen and oxygen atoms in total. The van der Waals surface area contributed by atoms with Crippen molar-refractivity contribution in [3.8, 4) is 0 Å². The Bertz CT molecular complexity index is 744. The normalized spacial score (nSPS) is 20.3. The average Bonchev–Trinajstić information content (AvgIpc) is 3.15. The van der Waals surface area contributed by atoms with Gasteiger partial charge < -0.3 is 20.1 Å². The Kier molecular flexibility index (Phi) is 5.85. The summed E-state index contributed by atoms with van der Waals surface area (Å²) in [7, 11) is 0. The molecule has 3 rings (SSSR count). The standard InChI is InChI=1S/C17H25N5O3S/c1-11-13(15(26-2)20-16(24)18-11)14(23)19-12-6-5-9-22(10-12)17(25)21-7-3-4-8-21/h12H,3-10H2,1-2H3,(H,19,23)(H,18,20,24). The van der Waals surface area contributed by atoms with Crippen LogP contribution in [0.4, 0.5) is 4.79 Å². The lowest BCUT2D eigenvalue weighted by Gasteiger charge is -2.35. The van der Waals surface area contributed by atoms with Crippen molar-refractivity contribution in [2.24, 2.45) is 0 Å². The highest BCUT2D eigenvalue weighted by molar-refractivity contribution is 7.98. The topological polar surface area (TPSA) is 98.4 Å². The van der Waals surface area contributed by atoms with Crippen LogP contribution in [-0.2, 0) is 0 Å². The van der Waals surface area contributed by atoms with Crippen LogP contribution in [0.1, 0.15) is 41.7 Å². The van der Waals surface area contributed by atoms with Crippen molar-refractivity contribution >= 4 is 23.7 Å². The largest absolute Gasteiger partial charge is 0.347 e. The van der Waals surface area contributed by atoms with Gasteiger partial charge in [0.2, 0.25) is 0 Å². The molecular formula is C17H25N5O3S. The number of nitrogens with one attached hydrogen (secondary N) is 2. The quantitative estimate of drug-likeness (QED) is 0.608. The van der Waals surface area contributed by atoms with E-state index in [2.05, 4.69) is 15.3 Å². The van der Waals surface area contributed by atoms with Crippen LogP contribution in [0.5, 0.6) is 0 Å². The molecule has 2 fully saturated rings. The van der Waals surface area contributed by atoms with Crippen molar-refractivity contribution in [1.29, 1.82) is 0 Å². The summed E-state index contributed by atoms with van der Waals surface area (Å²) in [6, 6.07) is -0.0167. The maximum absolute atomic E-state index is 12.8. The number of nitrogens with zero attached hydrogens (tertiary/aromatic N) is 3. The summed E-state index contributed by atoms with van der Waals surface area (Å²) in [6.07, 6.45) is 5.61. The van der Waals surface area contributed by atoms with Crippen molar-refractivity contribution < 1.29 is 9.59 Å². The Labute approximate surface area is 156 Å².